The Morgan fingerprint density at radius 2 is 2.15 bits per heavy atom. The number of carbonyl (C=O) groups is 1. The van der Waals surface area contributed by atoms with Gasteiger partial charge in [-0.2, -0.15) is 0 Å². The molecule has 3 heteroatoms. The zero-order valence-electron chi connectivity index (χ0n) is 12.5. The zero-order chi connectivity index (χ0) is 14.4. The second kappa shape index (κ2) is 7.44. The molecule has 1 N–H and O–H groups in total. The molecule has 1 aliphatic rings. The van der Waals surface area contributed by atoms with E-state index in [2.05, 4.69) is 36.5 Å². The molecule has 0 saturated carbocycles. The first-order valence-corrected chi connectivity index (χ1v) is 7.65. The highest BCUT2D eigenvalue weighted by molar-refractivity contribution is 5.75. The lowest BCUT2D eigenvalue weighted by atomic mass is 9.88. The van der Waals surface area contributed by atoms with Crippen molar-refractivity contribution in [3.05, 3.63) is 35.4 Å². The predicted molar refractivity (Wildman–Crippen MR) is 80.7 cm³/mol. The number of unbranched alkanes of at least 4 members (excludes halogenated alkanes) is 1. The van der Waals surface area contributed by atoms with Crippen molar-refractivity contribution in [1.29, 1.82) is 0 Å². The topological polar surface area (TPSA) is 38.3 Å². The molecule has 0 aliphatic heterocycles. The van der Waals surface area contributed by atoms with Crippen molar-refractivity contribution in [3.63, 3.8) is 0 Å². The minimum Gasteiger partial charge on any atom is -0.468 e. The summed E-state index contributed by atoms with van der Waals surface area (Å²) in [4.78, 5) is 11.9. The number of benzene rings is 1. The number of hydrogen-bond donors (Lipinski definition) is 1. The third-order valence-electron chi connectivity index (χ3n) is 4.12. The maximum Gasteiger partial charge on any atom is 0.322 e. The van der Waals surface area contributed by atoms with Gasteiger partial charge in [-0.15, -0.1) is 0 Å². The maximum atomic E-state index is 11.9. The highest BCUT2D eigenvalue weighted by Gasteiger charge is 2.25. The van der Waals surface area contributed by atoms with Crippen LogP contribution in [0, 0.1) is 0 Å². The van der Waals surface area contributed by atoms with Crippen LogP contribution in [0.4, 0.5) is 0 Å². The van der Waals surface area contributed by atoms with E-state index in [1.54, 1.807) is 0 Å². The van der Waals surface area contributed by atoms with Gasteiger partial charge in [0.05, 0.1) is 7.11 Å². The fourth-order valence-electron chi connectivity index (χ4n) is 2.94. The Hall–Kier alpha value is -1.35. The van der Waals surface area contributed by atoms with Crippen molar-refractivity contribution in [2.75, 3.05) is 7.11 Å². The number of aryl methyl sites for hydroxylation is 1. The Morgan fingerprint density at radius 3 is 2.85 bits per heavy atom. The summed E-state index contributed by atoms with van der Waals surface area (Å²) in [5.74, 6) is -0.127. The predicted octanol–water partition coefficient (Wildman–Crippen LogP) is 2.87. The second-order valence-electron chi connectivity index (χ2n) is 5.59. The van der Waals surface area contributed by atoms with Gasteiger partial charge >= 0.3 is 5.97 Å². The molecule has 0 aromatic heterocycles. The van der Waals surface area contributed by atoms with Crippen LogP contribution < -0.4 is 5.32 Å². The van der Waals surface area contributed by atoms with Crippen LogP contribution in [0.15, 0.2) is 24.3 Å². The summed E-state index contributed by atoms with van der Waals surface area (Å²) in [7, 11) is 1.47. The summed E-state index contributed by atoms with van der Waals surface area (Å²) in [5.41, 5.74) is 2.86. The van der Waals surface area contributed by atoms with Crippen molar-refractivity contribution in [2.24, 2.45) is 0 Å². The molecule has 0 spiro atoms. The van der Waals surface area contributed by atoms with E-state index in [1.165, 1.54) is 18.2 Å². The SMILES string of the molecule is CCCCC(NC1CCc2ccccc2C1)C(=O)OC. The van der Waals surface area contributed by atoms with Crippen LogP contribution in [0.25, 0.3) is 0 Å². The highest BCUT2D eigenvalue weighted by Crippen LogP contribution is 2.21. The number of ether oxygens (including phenoxy) is 1. The van der Waals surface area contributed by atoms with Crippen LogP contribution in [0.3, 0.4) is 0 Å². The molecule has 0 fully saturated rings. The molecule has 2 unspecified atom stereocenters. The number of methoxy groups -OCH3 is 1. The van der Waals surface area contributed by atoms with E-state index < -0.39 is 0 Å². The smallest absolute Gasteiger partial charge is 0.322 e. The van der Waals surface area contributed by atoms with Crippen LogP contribution in [-0.2, 0) is 22.4 Å². The molecule has 0 radical (unpaired) electrons. The van der Waals surface area contributed by atoms with Gasteiger partial charge in [0.25, 0.3) is 0 Å². The molecule has 0 heterocycles. The van der Waals surface area contributed by atoms with Crippen molar-refractivity contribution < 1.29 is 9.53 Å². The normalized spacial score (nSPS) is 19.2. The minimum atomic E-state index is -0.157. The van der Waals surface area contributed by atoms with Gasteiger partial charge in [-0.25, -0.2) is 0 Å². The van der Waals surface area contributed by atoms with Gasteiger partial charge < -0.3 is 10.1 Å². The molecule has 0 bridgehead atoms. The fourth-order valence-corrected chi connectivity index (χ4v) is 2.94. The molecule has 0 saturated heterocycles. The number of carbonyl (C=O) groups excluding carboxylic acids is 1. The van der Waals surface area contributed by atoms with Crippen molar-refractivity contribution in [2.45, 2.75) is 57.5 Å². The summed E-state index contributed by atoms with van der Waals surface area (Å²) in [6.07, 6.45) is 6.21. The molecule has 1 aliphatic carbocycles. The minimum absolute atomic E-state index is 0.127. The van der Waals surface area contributed by atoms with Gasteiger partial charge in [-0.05, 0) is 36.8 Å². The third kappa shape index (κ3) is 3.83. The van der Waals surface area contributed by atoms with Crippen LogP contribution in [0.1, 0.15) is 43.7 Å². The van der Waals surface area contributed by atoms with Crippen LogP contribution in [-0.4, -0.2) is 25.2 Å². The Kier molecular flexibility index (Phi) is 5.60. The number of rotatable bonds is 6. The lowest BCUT2D eigenvalue weighted by molar-refractivity contribution is -0.143. The first-order valence-electron chi connectivity index (χ1n) is 7.65. The van der Waals surface area contributed by atoms with Gasteiger partial charge in [-0.3, -0.25) is 4.79 Å². The van der Waals surface area contributed by atoms with Gasteiger partial charge in [0.15, 0.2) is 0 Å². The second-order valence-corrected chi connectivity index (χ2v) is 5.59. The van der Waals surface area contributed by atoms with Crippen molar-refractivity contribution in [3.8, 4) is 0 Å². The molecule has 20 heavy (non-hydrogen) atoms. The van der Waals surface area contributed by atoms with E-state index >= 15 is 0 Å². The number of hydrogen-bond acceptors (Lipinski definition) is 3. The van der Waals surface area contributed by atoms with Gasteiger partial charge in [0.1, 0.15) is 6.04 Å². The first-order chi connectivity index (χ1) is 9.74. The van der Waals surface area contributed by atoms with E-state index in [0.29, 0.717) is 6.04 Å². The lowest BCUT2D eigenvalue weighted by Crippen LogP contribution is -2.46. The summed E-state index contributed by atoms with van der Waals surface area (Å²) in [6, 6.07) is 8.82. The highest BCUT2D eigenvalue weighted by atomic mass is 16.5. The third-order valence-corrected chi connectivity index (χ3v) is 4.12. The number of esters is 1. The van der Waals surface area contributed by atoms with E-state index in [-0.39, 0.29) is 12.0 Å². The first kappa shape index (κ1) is 15.0. The summed E-state index contributed by atoms with van der Waals surface area (Å²) >= 11 is 0. The molecule has 1 aromatic rings. The average molecular weight is 275 g/mol. The van der Waals surface area contributed by atoms with E-state index in [0.717, 1.165) is 38.5 Å². The molecule has 1 aromatic carbocycles. The van der Waals surface area contributed by atoms with Crippen molar-refractivity contribution in [1.82, 2.24) is 5.32 Å². The molecule has 0 amide bonds. The zero-order valence-corrected chi connectivity index (χ0v) is 12.5. The average Bonchev–Trinajstić information content (AvgIpc) is 2.50. The van der Waals surface area contributed by atoms with Gasteiger partial charge in [0, 0.05) is 6.04 Å². The summed E-state index contributed by atoms with van der Waals surface area (Å²) < 4.78 is 4.92. The van der Waals surface area contributed by atoms with Crippen LogP contribution in [0.5, 0.6) is 0 Å². The Morgan fingerprint density at radius 1 is 1.40 bits per heavy atom. The molecule has 3 nitrogen and oxygen atoms in total. The molecular formula is C17H25NO2. The largest absolute Gasteiger partial charge is 0.468 e. The molecular weight excluding hydrogens is 250 g/mol. The fraction of sp³-hybridized carbons (Fsp3) is 0.588. The van der Waals surface area contributed by atoms with Gasteiger partial charge in [0.2, 0.25) is 0 Å². The Bertz CT molecular complexity index is 444. The number of fused-ring (bicyclic) bond motifs is 1. The van der Waals surface area contributed by atoms with E-state index in [4.69, 9.17) is 4.74 Å². The maximum absolute atomic E-state index is 11.9. The monoisotopic (exact) mass is 275 g/mol. The lowest BCUT2D eigenvalue weighted by Gasteiger charge is -2.28. The van der Waals surface area contributed by atoms with E-state index in [1.807, 2.05) is 0 Å². The quantitative estimate of drug-likeness (QED) is 0.811. The Labute approximate surface area is 121 Å². The van der Waals surface area contributed by atoms with Crippen LogP contribution in [0.2, 0.25) is 0 Å². The Balaban J connectivity index is 1.96. The molecule has 2 atom stereocenters. The molecule has 110 valence electrons. The standard InChI is InChI=1S/C17H25NO2/c1-3-4-9-16(17(19)20-2)18-15-11-10-13-7-5-6-8-14(13)12-15/h5-8,15-16,18H,3-4,9-12H2,1-2H3. The van der Waals surface area contributed by atoms with Crippen LogP contribution >= 0.6 is 0 Å². The van der Waals surface area contributed by atoms with Gasteiger partial charge in [-0.1, -0.05) is 44.0 Å². The van der Waals surface area contributed by atoms with Crippen molar-refractivity contribution >= 4 is 5.97 Å². The summed E-state index contributed by atoms with van der Waals surface area (Å²) in [5, 5.41) is 3.51. The molecule has 2 rings (SSSR count). The summed E-state index contributed by atoms with van der Waals surface area (Å²) in [6.45, 7) is 2.14. The van der Waals surface area contributed by atoms with E-state index in [9.17, 15) is 4.79 Å². The number of nitrogens with one attached hydrogen (secondary N) is 1.